The predicted octanol–water partition coefficient (Wildman–Crippen LogP) is 3.21. The maximum Gasteiger partial charge on any atom is 0.338 e. The van der Waals surface area contributed by atoms with Gasteiger partial charge in [0.25, 0.3) is 10.0 Å². The van der Waals surface area contributed by atoms with Crippen molar-refractivity contribution in [3.8, 4) is 0 Å². The number of hydroxylamine groups is 1. The van der Waals surface area contributed by atoms with Gasteiger partial charge in [-0.2, -0.15) is 0 Å². The average molecular weight is 419 g/mol. The summed E-state index contributed by atoms with van der Waals surface area (Å²) in [4.78, 5) is 29.1. The zero-order chi connectivity index (χ0) is 21.8. The number of hydrogen-bond donors (Lipinski definition) is 0. The number of carbonyl (C=O) groups excluding carboxylic acids is 2. The van der Waals surface area contributed by atoms with Crippen molar-refractivity contribution >= 4 is 21.8 Å². The number of ketones is 1. The van der Waals surface area contributed by atoms with E-state index >= 15 is 0 Å². The minimum atomic E-state index is -3.80. The molecule has 2 rings (SSSR count). The fourth-order valence-corrected chi connectivity index (χ4v) is 3.44. The Morgan fingerprint density at radius 1 is 0.931 bits per heavy atom. The Balaban J connectivity index is 2.01. The molecule has 0 radical (unpaired) electrons. The van der Waals surface area contributed by atoms with E-state index in [2.05, 4.69) is 20.8 Å². The number of benzene rings is 2. The van der Waals surface area contributed by atoms with E-state index in [0.717, 1.165) is 5.56 Å². The molecular formula is C21H25NO6S. The molecule has 7 nitrogen and oxygen atoms in total. The van der Waals surface area contributed by atoms with Gasteiger partial charge in [-0.15, -0.1) is 0 Å². The van der Waals surface area contributed by atoms with Crippen LogP contribution in [0.15, 0.2) is 53.4 Å². The highest BCUT2D eigenvalue weighted by Crippen LogP contribution is 2.22. The van der Waals surface area contributed by atoms with Gasteiger partial charge in [0, 0.05) is 12.6 Å². The number of carbonyl (C=O) groups is 2. The monoisotopic (exact) mass is 419 g/mol. The van der Waals surface area contributed by atoms with Gasteiger partial charge in [0.1, 0.15) is 0 Å². The summed E-state index contributed by atoms with van der Waals surface area (Å²) in [5.74, 6) is -1.03. The van der Waals surface area contributed by atoms with E-state index in [1.165, 1.54) is 38.4 Å². The summed E-state index contributed by atoms with van der Waals surface area (Å²) in [5, 5.41) is 0. The number of rotatable bonds is 7. The average Bonchev–Trinajstić information content (AvgIpc) is 2.70. The maximum absolute atomic E-state index is 12.3. The molecule has 0 heterocycles. The zero-order valence-corrected chi connectivity index (χ0v) is 17.9. The molecule has 0 aliphatic heterocycles. The molecule has 0 N–H and O–H groups in total. The van der Waals surface area contributed by atoms with Gasteiger partial charge < -0.3 is 4.74 Å². The molecule has 0 saturated heterocycles. The Labute approximate surface area is 171 Å². The summed E-state index contributed by atoms with van der Waals surface area (Å²) in [7, 11) is -1.31. The molecule has 2 aromatic rings. The summed E-state index contributed by atoms with van der Waals surface area (Å²) in [6.45, 7) is 5.83. The minimum absolute atomic E-state index is 0.0221. The van der Waals surface area contributed by atoms with E-state index in [1.54, 1.807) is 12.1 Å². The van der Waals surface area contributed by atoms with Crippen molar-refractivity contribution < 1.29 is 27.6 Å². The molecule has 0 amide bonds. The van der Waals surface area contributed by atoms with Crippen molar-refractivity contribution in [1.29, 1.82) is 0 Å². The molecule has 8 heteroatoms. The minimum Gasteiger partial charge on any atom is -0.454 e. The van der Waals surface area contributed by atoms with Crippen LogP contribution in [-0.4, -0.2) is 45.4 Å². The molecule has 0 aliphatic carbocycles. The molecule has 2 aromatic carbocycles. The van der Waals surface area contributed by atoms with Gasteiger partial charge in [0.2, 0.25) is 0 Å². The maximum atomic E-state index is 12.3. The van der Waals surface area contributed by atoms with Crippen LogP contribution in [0.4, 0.5) is 0 Å². The third kappa shape index (κ3) is 5.50. The van der Waals surface area contributed by atoms with Crippen LogP contribution in [0.25, 0.3) is 0 Å². The summed E-state index contributed by atoms with van der Waals surface area (Å²) in [6.07, 6.45) is 0. The van der Waals surface area contributed by atoms with E-state index in [1.807, 2.05) is 12.1 Å². The molecule has 29 heavy (non-hydrogen) atoms. The zero-order valence-electron chi connectivity index (χ0n) is 17.1. The summed E-state index contributed by atoms with van der Waals surface area (Å²) in [5.41, 5.74) is 1.67. The van der Waals surface area contributed by atoms with Gasteiger partial charge in [-0.1, -0.05) is 49.5 Å². The van der Waals surface area contributed by atoms with Gasteiger partial charge in [-0.25, -0.2) is 13.2 Å². The first-order chi connectivity index (χ1) is 13.5. The molecule has 156 valence electrons. The second kappa shape index (κ2) is 8.86. The molecule has 0 bridgehead atoms. The Kier molecular flexibility index (Phi) is 6.94. The van der Waals surface area contributed by atoms with Crippen molar-refractivity contribution in [2.45, 2.75) is 31.1 Å². The van der Waals surface area contributed by atoms with Crippen LogP contribution in [0.3, 0.4) is 0 Å². The Morgan fingerprint density at radius 2 is 1.45 bits per heavy atom. The van der Waals surface area contributed by atoms with Crippen molar-refractivity contribution in [1.82, 2.24) is 4.47 Å². The lowest BCUT2D eigenvalue weighted by Crippen LogP contribution is -2.25. The largest absolute Gasteiger partial charge is 0.454 e. The lowest BCUT2D eigenvalue weighted by Gasteiger charge is -2.18. The Bertz CT molecular complexity index is 973. The number of Topliss-reactive ketones (excluding diaryl/α,β-unsaturated/α-hetero) is 1. The highest BCUT2D eigenvalue weighted by molar-refractivity contribution is 7.89. The number of sulfonamides is 1. The van der Waals surface area contributed by atoms with E-state index in [0.29, 0.717) is 10.0 Å². The van der Waals surface area contributed by atoms with Crippen LogP contribution in [0.1, 0.15) is 47.1 Å². The van der Waals surface area contributed by atoms with Crippen LogP contribution >= 0.6 is 0 Å². The SMILES string of the molecule is CON(C)S(=O)(=O)c1ccc(C(=O)OCC(=O)c2ccc(C(C)(C)C)cc2)cc1. The van der Waals surface area contributed by atoms with E-state index in [-0.39, 0.29) is 21.7 Å². The van der Waals surface area contributed by atoms with Gasteiger partial charge in [-0.3, -0.25) is 9.63 Å². The first-order valence-electron chi connectivity index (χ1n) is 8.91. The van der Waals surface area contributed by atoms with Gasteiger partial charge in [0.05, 0.1) is 17.6 Å². The Morgan fingerprint density at radius 3 is 1.93 bits per heavy atom. The molecule has 0 saturated carbocycles. The number of ether oxygens (including phenoxy) is 1. The van der Waals surface area contributed by atoms with Crippen LogP contribution < -0.4 is 0 Å². The van der Waals surface area contributed by atoms with Crippen molar-refractivity contribution in [3.05, 3.63) is 65.2 Å². The highest BCUT2D eigenvalue weighted by Gasteiger charge is 2.21. The summed E-state index contributed by atoms with van der Waals surface area (Å²) >= 11 is 0. The normalized spacial score (nSPS) is 12.1. The number of nitrogens with zero attached hydrogens (tertiary/aromatic N) is 1. The van der Waals surface area contributed by atoms with Crippen molar-refractivity contribution in [2.24, 2.45) is 0 Å². The summed E-state index contributed by atoms with van der Waals surface area (Å²) in [6, 6.07) is 12.4. The topological polar surface area (TPSA) is 90.0 Å². The Hall–Kier alpha value is -2.55. The van der Waals surface area contributed by atoms with Crippen LogP contribution in [-0.2, 0) is 25.0 Å². The second-order valence-corrected chi connectivity index (χ2v) is 9.38. The fourth-order valence-electron chi connectivity index (χ4n) is 2.46. The van der Waals surface area contributed by atoms with Gasteiger partial charge >= 0.3 is 5.97 Å². The lowest BCUT2D eigenvalue weighted by atomic mass is 9.86. The number of esters is 1. The molecule has 0 unspecified atom stereocenters. The fraction of sp³-hybridized carbons (Fsp3) is 0.333. The van der Waals surface area contributed by atoms with E-state index < -0.39 is 22.6 Å². The van der Waals surface area contributed by atoms with Gasteiger partial charge in [0.15, 0.2) is 12.4 Å². The first-order valence-corrected chi connectivity index (χ1v) is 10.3. The van der Waals surface area contributed by atoms with Crippen molar-refractivity contribution in [3.63, 3.8) is 0 Å². The van der Waals surface area contributed by atoms with Crippen LogP contribution in [0.2, 0.25) is 0 Å². The molecule has 0 fully saturated rings. The van der Waals surface area contributed by atoms with Crippen LogP contribution in [0, 0.1) is 0 Å². The smallest absolute Gasteiger partial charge is 0.338 e. The van der Waals surface area contributed by atoms with Gasteiger partial charge in [-0.05, 0) is 35.2 Å². The van der Waals surface area contributed by atoms with E-state index in [4.69, 9.17) is 9.57 Å². The second-order valence-electron chi connectivity index (χ2n) is 7.45. The number of hydrogen-bond acceptors (Lipinski definition) is 6. The standard InChI is InChI=1S/C21H25NO6S/c1-21(2,3)17-10-6-15(7-11-17)19(23)14-28-20(24)16-8-12-18(13-9-16)29(25,26)22(4)27-5/h6-13H,14H2,1-5H3. The summed E-state index contributed by atoms with van der Waals surface area (Å²) < 4.78 is 30.1. The van der Waals surface area contributed by atoms with Crippen molar-refractivity contribution in [2.75, 3.05) is 20.8 Å². The predicted molar refractivity (Wildman–Crippen MR) is 108 cm³/mol. The van der Waals surface area contributed by atoms with E-state index in [9.17, 15) is 18.0 Å². The molecule has 0 spiro atoms. The van der Waals surface area contributed by atoms with Crippen LogP contribution in [0.5, 0.6) is 0 Å². The lowest BCUT2D eigenvalue weighted by molar-refractivity contribution is -0.0258. The highest BCUT2D eigenvalue weighted by atomic mass is 32.2. The molecular weight excluding hydrogens is 394 g/mol. The molecule has 0 aliphatic rings. The molecule has 0 aromatic heterocycles. The quantitative estimate of drug-likeness (QED) is 0.389. The molecule has 0 atom stereocenters. The first kappa shape index (κ1) is 22.7. The third-order valence-corrected chi connectivity index (χ3v) is 6.08. The third-order valence-electron chi connectivity index (χ3n) is 4.39.